The van der Waals surface area contributed by atoms with Crippen molar-refractivity contribution in [2.75, 3.05) is 18.4 Å². The Morgan fingerprint density at radius 2 is 1.88 bits per heavy atom. The van der Waals surface area contributed by atoms with Crippen LogP contribution in [0.15, 0.2) is 36.5 Å². The average Bonchev–Trinajstić information content (AvgIpc) is 2.57. The molecule has 0 aliphatic carbocycles. The molecule has 1 N–H and O–H groups in total. The molecule has 4 nitrogen and oxygen atoms in total. The lowest BCUT2D eigenvalue weighted by Crippen LogP contribution is -2.31. The molecule has 0 unspecified atom stereocenters. The smallest absolute Gasteiger partial charge is 0.353 e. The number of pyridine rings is 1. The van der Waals surface area contributed by atoms with Crippen LogP contribution in [0.2, 0.25) is 5.02 Å². The lowest BCUT2D eigenvalue weighted by molar-refractivity contribution is -0.137. The quantitative estimate of drug-likeness (QED) is 0.806. The fourth-order valence-electron chi connectivity index (χ4n) is 2.22. The summed E-state index contributed by atoms with van der Waals surface area (Å²) in [6.45, 7) is 4.87. The summed E-state index contributed by atoms with van der Waals surface area (Å²) in [5.74, 6) is -0.200. The number of nitrogens with one attached hydrogen (secondary N) is 1. The molecule has 2 aromatic rings. The van der Waals surface area contributed by atoms with Crippen LogP contribution < -0.4 is 5.32 Å². The van der Waals surface area contributed by atoms with Crippen LogP contribution in [-0.2, 0) is 6.18 Å². The van der Waals surface area contributed by atoms with Crippen LogP contribution in [0.4, 0.5) is 24.5 Å². The van der Waals surface area contributed by atoms with Crippen LogP contribution in [0.1, 0.15) is 29.9 Å². The number of aromatic nitrogens is 1. The van der Waals surface area contributed by atoms with E-state index in [4.69, 9.17) is 11.6 Å². The van der Waals surface area contributed by atoms with Gasteiger partial charge in [-0.25, -0.2) is 4.98 Å². The third-order valence-corrected chi connectivity index (χ3v) is 3.94. The molecule has 1 amide bonds. The van der Waals surface area contributed by atoms with Gasteiger partial charge in [0.2, 0.25) is 0 Å². The van der Waals surface area contributed by atoms with Crippen molar-refractivity contribution in [2.45, 2.75) is 20.0 Å². The molecule has 0 bridgehead atoms. The van der Waals surface area contributed by atoms with Crippen LogP contribution in [0.5, 0.6) is 0 Å². The fraction of sp³-hybridized carbons (Fsp3) is 0.294. The molecule has 1 heterocycles. The van der Waals surface area contributed by atoms with Crippen molar-refractivity contribution >= 4 is 28.9 Å². The molecular formula is C17H17ClF3N3O. The third-order valence-electron chi connectivity index (χ3n) is 3.61. The Bertz CT molecular complexity index is 744. The molecule has 0 spiro atoms. The van der Waals surface area contributed by atoms with Gasteiger partial charge < -0.3 is 10.2 Å². The Labute approximate surface area is 148 Å². The fourth-order valence-corrected chi connectivity index (χ4v) is 2.38. The van der Waals surface area contributed by atoms with Crippen LogP contribution in [0.25, 0.3) is 0 Å². The number of amides is 1. The number of carbonyl (C=O) groups excluding carboxylic acids is 1. The minimum Gasteiger partial charge on any atom is -0.353 e. The van der Waals surface area contributed by atoms with E-state index in [0.29, 0.717) is 18.8 Å². The molecule has 0 aliphatic rings. The van der Waals surface area contributed by atoms with Crippen molar-refractivity contribution in [1.82, 2.24) is 9.88 Å². The van der Waals surface area contributed by atoms with Gasteiger partial charge in [-0.05, 0) is 44.2 Å². The third kappa shape index (κ3) is 4.63. The first-order valence-corrected chi connectivity index (χ1v) is 8.03. The summed E-state index contributed by atoms with van der Waals surface area (Å²) in [7, 11) is 0. The van der Waals surface area contributed by atoms with Crippen LogP contribution in [-0.4, -0.2) is 28.9 Å². The minimum absolute atomic E-state index is 0.112. The molecule has 1 aromatic heterocycles. The van der Waals surface area contributed by atoms with Gasteiger partial charge >= 0.3 is 6.18 Å². The number of benzene rings is 1. The number of rotatable bonds is 5. The number of carbonyl (C=O) groups is 1. The Balaban J connectivity index is 2.21. The predicted octanol–water partition coefficient (Wildman–Crippen LogP) is 4.98. The van der Waals surface area contributed by atoms with E-state index in [0.717, 1.165) is 12.1 Å². The molecule has 0 atom stereocenters. The largest absolute Gasteiger partial charge is 0.416 e. The second-order valence-electron chi connectivity index (χ2n) is 5.23. The van der Waals surface area contributed by atoms with E-state index >= 15 is 0 Å². The molecule has 0 fully saturated rings. The summed E-state index contributed by atoms with van der Waals surface area (Å²) < 4.78 is 38.4. The molecule has 1 aromatic carbocycles. The van der Waals surface area contributed by atoms with Gasteiger partial charge in [-0.3, -0.25) is 4.79 Å². The highest BCUT2D eigenvalue weighted by molar-refractivity contribution is 6.33. The summed E-state index contributed by atoms with van der Waals surface area (Å²) in [6, 6.07) is 6.11. The Morgan fingerprint density at radius 3 is 2.40 bits per heavy atom. The van der Waals surface area contributed by atoms with Gasteiger partial charge in [0.1, 0.15) is 5.69 Å². The number of halogens is 4. The van der Waals surface area contributed by atoms with Crippen LogP contribution >= 0.6 is 11.6 Å². The van der Waals surface area contributed by atoms with Crippen molar-refractivity contribution in [3.63, 3.8) is 0 Å². The second-order valence-corrected chi connectivity index (χ2v) is 5.63. The summed E-state index contributed by atoms with van der Waals surface area (Å²) in [6.07, 6.45) is -3.08. The highest BCUT2D eigenvalue weighted by atomic mass is 35.5. The van der Waals surface area contributed by atoms with Gasteiger partial charge in [0, 0.05) is 13.1 Å². The highest BCUT2D eigenvalue weighted by Gasteiger charge is 2.31. The second kappa shape index (κ2) is 7.74. The van der Waals surface area contributed by atoms with Gasteiger partial charge in [-0.15, -0.1) is 0 Å². The van der Waals surface area contributed by atoms with E-state index in [-0.39, 0.29) is 22.3 Å². The van der Waals surface area contributed by atoms with Gasteiger partial charge in [0.05, 0.1) is 28.2 Å². The van der Waals surface area contributed by atoms with Gasteiger partial charge in [0.15, 0.2) is 0 Å². The molecule has 0 saturated carbocycles. The highest BCUT2D eigenvalue weighted by Crippen LogP contribution is 2.34. The number of anilines is 2. The zero-order chi connectivity index (χ0) is 18.6. The zero-order valence-electron chi connectivity index (χ0n) is 13.7. The molecule has 0 saturated heterocycles. The average molecular weight is 372 g/mol. The normalized spacial score (nSPS) is 11.3. The van der Waals surface area contributed by atoms with E-state index in [1.54, 1.807) is 11.0 Å². The van der Waals surface area contributed by atoms with Crippen molar-refractivity contribution in [3.8, 4) is 0 Å². The van der Waals surface area contributed by atoms with Crippen LogP contribution in [0.3, 0.4) is 0 Å². The summed E-state index contributed by atoms with van der Waals surface area (Å²) in [4.78, 5) is 17.9. The number of nitrogens with zero attached hydrogens (tertiary/aromatic N) is 2. The summed E-state index contributed by atoms with van der Waals surface area (Å²) >= 11 is 5.95. The minimum atomic E-state index is -4.46. The monoisotopic (exact) mass is 371 g/mol. The Kier molecular flexibility index (Phi) is 5.89. The van der Waals surface area contributed by atoms with Crippen LogP contribution in [0, 0.1) is 0 Å². The molecule has 0 aliphatic heterocycles. The lowest BCUT2D eigenvalue weighted by Gasteiger charge is -2.18. The number of hydrogen-bond donors (Lipinski definition) is 1. The lowest BCUT2D eigenvalue weighted by atomic mass is 10.2. The Hall–Kier alpha value is -2.28. The molecule has 0 radical (unpaired) electrons. The SMILES string of the molecule is CCN(CC)C(=O)c1ccc(Nc2cc(C(F)(F)F)ccc2Cl)cn1. The first-order chi connectivity index (χ1) is 11.8. The van der Waals surface area contributed by atoms with Gasteiger partial charge in [-0.1, -0.05) is 11.6 Å². The molecule has 25 heavy (non-hydrogen) atoms. The molecule has 134 valence electrons. The van der Waals surface area contributed by atoms with E-state index in [1.807, 2.05) is 13.8 Å². The summed E-state index contributed by atoms with van der Waals surface area (Å²) in [5, 5.41) is 2.94. The molecule has 8 heteroatoms. The maximum Gasteiger partial charge on any atom is 0.416 e. The first-order valence-electron chi connectivity index (χ1n) is 7.65. The maximum absolute atomic E-state index is 12.8. The van der Waals surface area contributed by atoms with Gasteiger partial charge in [0.25, 0.3) is 5.91 Å². The standard InChI is InChI=1S/C17H17ClF3N3O/c1-3-24(4-2)16(25)14-8-6-12(10-22-14)23-15-9-11(17(19,20)21)5-7-13(15)18/h5-10,23H,3-4H2,1-2H3. The summed E-state index contributed by atoms with van der Waals surface area (Å²) in [5.41, 5.74) is 0.00325. The van der Waals surface area contributed by atoms with E-state index in [9.17, 15) is 18.0 Å². The molecular weight excluding hydrogens is 355 g/mol. The van der Waals surface area contributed by atoms with Crippen molar-refractivity contribution < 1.29 is 18.0 Å². The Morgan fingerprint density at radius 1 is 1.20 bits per heavy atom. The maximum atomic E-state index is 12.8. The number of hydrogen-bond acceptors (Lipinski definition) is 3. The number of alkyl halides is 3. The molecule has 2 rings (SSSR count). The van der Waals surface area contributed by atoms with E-state index < -0.39 is 11.7 Å². The first kappa shape index (κ1) is 19.1. The topological polar surface area (TPSA) is 45.2 Å². The van der Waals surface area contributed by atoms with E-state index in [2.05, 4.69) is 10.3 Å². The van der Waals surface area contributed by atoms with Crippen molar-refractivity contribution in [1.29, 1.82) is 0 Å². The van der Waals surface area contributed by atoms with Gasteiger partial charge in [-0.2, -0.15) is 13.2 Å². The zero-order valence-corrected chi connectivity index (χ0v) is 14.4. The van der Waals surface area contributed by atoms with Crippen molar-refractivity contribution in [3.05, 3.63) is 52.8 Å². The predicted molar refractivity (Wildman–Crippen MR) is 91.2 cm³/mol. The van der Waals surface area contributed by atoms with E-state index in [1.165, 1.54) is 18.3 Å². The van der Waals surface area contributed by atoms with Crippen molar-refractivity contribution in [2.24, 2.45) is 0 Å².